The van der Waals surface area contributed by atoms with Gasteiger partial charge in [0.25, 0.3) is 0 Å². The number of nitrogens with zero attached hydrogens (tertiary/aromatic N) is 3. The Bertz CT molecular complexity index is 193. The molecule has 0 aliphatic rings. The topological polar surface area (TPSA) is 64.7 Å². The molecular formula is C5H10N4S. The zero-order valence-electron chi connectivity index (χ0n) is 6.03. The Labute approximate surface area is 63.6 Å². The van der Waals surface area contributed by atoms with E-state index < -0.39 is 0 Å². The molecule has 0 spiro atoms. The molecule has 0 fully saturated rings. The van der Waals surface area contributed by atoms with Gasteiger partial charge < -0.3 is 5.73 Å². The van der Waals surface area contributed by atoms with Crippen LogP contribution in [0.25, 0.3) is 0 Å². The Morgan fingerprint density at radius 1 is 1.60 bits per heavy atom. The van der Waals surface area contributed by atoms with Crippen molar-refractivity contribution in [1.82, 2.24) is 14.8 Å². The van der Waals surface area contributed by atoms with Crippen LogP contribution in [0.2, 0.25) is 0 Å². The maximum absolute atomic E-state index is 5.51. The van der Waals surface area contributed by atoms with Crippen molar-refractivity contribution < 1.29 is 0 Å². The molecule has 10 heavy (non-hydrogen) atoms. The second kappa shape index (κ2) is 2.59. The molecule has 0 aliphatic heterocycles. The fourth-order valence-electron chi connectivity index (χ4n) is 0.480. The predicted octanol–water partition coefficient (Wildman–Crippen LogP) is 0.169. The molecule has 0 saturated heterocycles. The fourth-order valence-corrected chi connectivity index (χ4v) is 1.03. The smallest absolute Gasteiger partial charge is 0.144 e. The summed E-state index contributed by atoms with van der Waals surface area (Å²) < 4.78 is 3.66. The molecule has 1 aromatic rings. The molecule has 56 valence electrons. The van der Waals surface area contributed by atoms with Gasteiger partial charge in [0.05, 0.1) is 0 Å². The number of nitrogens with two attached hydrogens (primary N) is 1. The lowest BCUT2D eigenvalue weighted by Gasteiger charge is -2.16. The normalized spacial score (nSPS) is 11.9. The van der Waals surface area contributed by atoms with Crippen molar-refractivity contribution in [2.75, 3.05) is 6.54 Å². The summed E-state index contributed by atoms with van der Waals surface area (Å²) in [6, 6.07) is 0. The molecule has 0 radical (unpaired) electrons. The maximum Gasteiger partial charge on any atom is 0.144 e. The molecule has 0 aliphatic carbocycles. The van der Waals surface area contributed by atoms with Crippen LogP contribution in [0.4, 0.5) is 0 Å². The van der Waals surface area contributed by atoms with Crippen LogP contribution in [0.1, 0.15) is 18.9 Å². The minimum absolute atomic E-state index is 0.0752. The Morgan fingerprint density at radius 2 is 2.30 bits per heavy atom. The summed E-state index contributed by atoms with van der Waals surface area (Å²) in [5, 5.41) is 8.23. The van der Waals surface area contributed by atoms with Crippen LogP contribution in [0, 0.1) is 0 Å². The molecule has 2 N–H and O–H groups in total. The van der Waals surface area contributed by atoms with Crippen LogP contribution >= 0.6 is 11.5 Å². The molecule has 1 aromatic heterocycles. The highest BCUT2D eigenvalue weighted by Crippen LogP contribution is 2.20. The van der Waals surface area contributed by atoms with Crippen LogP contribution in [0.3, 0.4) is 0 Å². The van der Waals surface area contributed by atoms with Gasteiger partial charge in [0.2, 0.25) is 0 Å². The van der Waals surface area contributed by atoms with E-state index in [0.29, 0.717) is 6.54 Å². The SMILES string of the molecule is CC(C)(CN)c1nnns1. The van der Waals surface area contributed by atoms with Gasteiger partial charge >= 0.3 is 0 Å². The van der Waals surface area contributed by atoms with Gasteiger partial charge in [-0.1, -0.05) is 18.3 Å². The highest BCUT2D eigenvalue weighted by atomic mass is 32.1. The minimum atomic E-state index is -0.0752. The average molecular weight is 158 g/mol. The molecule has 0 amide bonds. The third-order valence-corrected chi connectivity index (χ3v) is 2.35. The van der Waals surface area contributed by atoms with Gasteiger partial charge in [-0.2, -0.15) is 0 Å². The van der Waals surface area contributed by atoms with E-state index in [4.69, 9.17) is 5.73 Å². The molecule has 1 rings (SSSR count). The fraction of sp³-hybridized carbons (Fsp3) is 0.800. The molecule has 0 aromatic carbocycles. The van der Waals surface area contributed by atoms with Crippen LogP contribution in [-0.2, 0) is 5.41 Å². The lowest BCUT2D eigenvalue weighted by molar-refractivity contribution is 0.529. The molecule has 0 unspecified atom stereocenters. The van der Waals surface area contributed by atoms with Gasteiger partial charge in [0, 0.05) is 23.5 Å². The monoisotopic (exact) mass is 158 g/mol. The molecule has 5 heteroatoms. The average Bonchev–Trinajstić information content (AvgIpc) is 2.38. The van der Waals surface area contributed by atoms with Crippen LogP contribution < -0.4 is 5.73 Å². The van der Waals surface area contributed by atoms with Crippen molar-refractivity contribution >= 4 is 11.5 Å². The van der Waals surface area contributed by atoms with E-state index in [1.807, 2.05) is 13.8 Å². The van der Waals surface area contributed by atoms with E-state index >= 15 is 0 Å². The summed E-state index contributed by atoms with van der Waals surface area (Å²) in [6.07, 6.45) is 0. The molecular weight excluding hydrogens is 148 g/mol. The summed E-state index contributed by atoms with van der Waals surface area (Å²) in [4.78, 5) is 0. The number of rotatable bonds is 2. The predicted molar refractivity (Wildman–Crippen MR) is 39.8 cm³/mol. The summed E-state index contributed by atoms with van der Waals surface area (Å²) in [6.45, 7) is 4.62. The first kappa shape index (κ1) is 7.56. The van der Waals surface area contributed by atoms with Crippen molar-refractivity contribution in [3.63, 3.8) is 0 Å². The lowest BCUT2D eigenvalue weighted by atomic mass is 9.95. The van der Waals surface area contributed by atoms with Crippen molar-refractivity contribution in [3.05, 3.63) is 5.01 Å². The Hall–Kier alpha value is -0.550. The van der Waals surface area contributed by atoms with Crippen LogP contribution in [0.15, 0.2) is 0 Å². The van der Waals surface area contributed by atoms with Crippen molar-refractivity contribution in [3.8, 4) is 0 Å². The van der Waals surface area contributed by atoms with E-state index in [9.17, 15) is 0 Å². The molecule has 0 saturated carbocycles. The zero-order valence-corrected chi connectivity index (χ0v) is 6.85. The molecule has 1 heterocycles. The van der Waals surface area contributed by atoms with E-state index in [-0.39, 0.29) is 5.41 Å². The number of hydrogen-bond acceptors (Lipinski definition) is 5. The Balaban J connectivity index is 2.85. The Kier molecular flexibility index (Phi) is 1.96. The van der Waals surface area contributed by atoms with Crippen LogP contribution in [0.5, 0.6) is 0 Å². The van der Waals surface area contributed by atoms with E-state index in [0.717, 1.165) is 5.01 Å². The van der Waals surface area contributed by atoms with Gasteiger partial charge in [0.15, 0.2) is 0 Å². The first-order valence-electron chi connectivity index (χ1n) is 3.02. The standard InChI is InChI=1S/C5H10N4S/c1-5(2,3-6)4-7-8-9-10-4/h3,6H2,1-2H3. The summed E-state index contributed by atoms with van der Waals surface area (Å²) in [7, 11) is 0. The highest BCUT2D eigenvalue weighted by molar-refractivity contribution is 7.05. The highest BCUT2D eigenvalue weighted by Gasteiger charge is 2.22. The third kappa shape index (κ3) is 1.30. The summed E-state index contributed by atoms with van der Waals surface area (Å²) in [5.41, 5.74) is 5.43. The largest absolute Gasteiger partial charge is 0.330 e. The second-order valence-electron chi connectivity index (χ2n) is 2.76. The van der Waals surface area contributed by atoms with Crippen molar-refractivity contribution in [2.24, 2.45) is 5.73 Å². The lowest BCUT2D eigenvalue weighted by Crippen LogP contribution is -2.27. The van der Waals surface area contributed by atoms with Gasteiger partial charge in [-0.3, -0.25) is 0 Å². The van der Waals surface area contributed by atoms with Gasteiger partial charge in [-0.05, 0) is 5.21 Å². The van der Waals surface area contributed by atoms with Gasteiger partial charge in [0.1, 0.15) is 5.01 Å². The quantitative estimate of drug-likeness (QED) is 0.666. The zero-order chi connectivity index (χ0) is 7.61. The van der Waals surface area contributed by atoms with Crippen molar-refractivity contribution in [2.45, 2.75) is 19.3 Å². The first-order valence-corrected chi connectivity index (χ1v) is 3.80. The van der Waals surface area contributed by atoms with Crippen LogP contribution in [-0.4, -0.2) is 21.3 Å². The van der Waals surface area contributed by atoms with Gasteiger partial charge in [-0.25, -0.2) is 0 Å². The van der Waals surface area contributed by atoms with Crippen molar-refractivity contribution in [1.29, 1.82) is 0 Å². The summed E-state index contributed by atoms with van der Waals surface area (Å²) in [5.74, 6) is 0. The number of hydrogen-bond donors (Lipinski definition) is 1. The molecule has 4 nitrogen and oxygen atoms in total. The molecule has 0 bridgehead atoms. The second-order valence-corrected chi connectivity index (χ2v) is 3.49. The summed E-state index contributed by atoms with van der Waals surface area (Å²) >= 11 is 1.30. The molecule has 0 atom stereocenters. The maximum atomic E-state index is 5.51. The number of aromatic nitrogens is 3. The van der Waals surface area contributed by atoms with E-state index in [1.54, 1.807) is 0 Å². The third-order valence-electron chi connectivity index (χ3n) is 1.39. The first-order chi connectivity index (χ1) is 4.67. The van der Waals surface area contributed by atoms with E-state index in [1.165, 1.54) is 11.5 Å². The van der Waals surface area contributed by atoms with Gasteiger partial charge in [-0.15, -0.1) is 5.10 Å². The van der Waals surface area contributed by atoms with E-state index in [2.05, 4.69) is 14.8 Å². The Morgan fingerprint density at radius 3 is 2.70 bits per heavy atom. The minimum Gasteiger partial charge on any atom is -0.330 e.